The Morgan fingerprint density at radius 1 is 1.39 bits per heavy atom. The maximum Gasteiger partial charge on any atom is 0.319 e. The maximum atomic E-state index is 12.1. The highest BCUT2D eigenvalue weighted by molar-refractivity contribution is 6.30. The Kier molecular flexibility index (Phi) is 7.61. The van der Waals surface area contributed by atoms with E-state index in [9.17, 15) is 9.59 Å². The number of halogens is 2. The van der Waals surface area contributed by atoms with E-state index in [1.54, 1.807) is 36.1 Å². The summed E-state index contributed by atoms with van der Waals surface area (Å²) >= 11 is 5.91. The van der Waals surface area contributed by atoms with Crippen molar-refractivity contribution in [1.29, 1.82) is 0 Å². The van der Waals surface area contributed by atoms with Gasteiger partial charge in [-0.2, -0.15) is 0 Å². The van der Waals surface area contributed by atoms with E-state index in [2.05, 4.69) is 31.6 Å². The van der Waals surface area contributed by atoms with Crippen molar-refractivity contribution in [3.8, 4) is 0 Å². The second-order valence-electron chi connectivity index (χ2n) is 6.42. The van der Waals surface area contributed by atoms with Crippen LogP contribution in [0.2, 0.25) is 5.02 Å². The lowest BCUT2D eigenvalue weighted by atomic mass is 10.1. The number of hydrogen-bond donors (Lipinski definition) is 4. The van der Waals surface area contributed by atoms with E-state index in [4.69, 9.17) is 11.6 Å². The molecular weight excluding hydrogens is 405 g/mol. The van der Waals surface area contributed by atoms with Gasteiger partial charge < -0.3 is 21.3 Å². The van der Waals surface area contributed by atoms with E-state index in [1.807, 2.05) is 6.92 Å². The van der Waals surface area contributed by atoms with Crippen LogP contribution in [0.3, 0.4) is 0 Å². The van der Waals surface area contributed by atoms with Gasteiger partial charge in [-0.25, -0.2) is 9.48 Å². The minimum absolute atomic E-state index is 0. The van der Waals surface area contributed by atoms with Crippen molar-refractivity contribution >= 4 is 41.6 Å². The number of amides is 3. The number of hydrogen-bond acceptors (Lipinski definition) is 5. The zero-order valence-electron chi connectivity index (χ0n) is 15.5. The molecule has 0 saturated carbocycles. The molecule has 1 aromatic carbocycles. The monoisotopic (exact) mass is 427 g/mol. The summed E-state index contributed by atoms with van der Waals surface area (Å²) in [5.41, 5.74) is 2.21. The fourth-order valence-corrected chi connectivity index (χ4v) is 3.20. The van der Waals surface area contributed by atoms with Crippen LogP contribution in [0.5, 0.6) is 0 Å². The van der Waals surface area contributed by atoms with Gasteiger partial charge in [0.05, 0.1) is 24.8 Å². The molecule has 1 saturated heterocycles. The van der Waals surface area contributed by atoms with Crippen molar-refractivity contribution in [1.82, 2.24) is 30.9 Å². The highest BCUT2D eigenvalue weighted by Gasteiger charge is 2.30. The predicted octanol–water partition coefficient (Wildman–Crippen LogP) is 1.63. The molecule has 2 atom stereocenters. The number of carbonyl (C=O) groups excluding carboxylic acids is 2. The van der Waals surface area contributed by atoms with Crippen LogP contribution in [0.15, 0.2) is 24.4 Å². The first kappa shape index (κ1) is 21.9. The molecule has 2 aromatic rings. The number of urea groups is 1. The van der Waals surface area contributed by atoms with Crippen LogP contribution in [0.1, 0.15) is 23.7 Å². The third-order valence-electron chi connectivity index (χ3n) is 4.47. The van der Waals surface area contributed by atoms with E-state index >= 15 is 0 Å². The third kappa shape index (κ3) is 5.34. The number of aromatic nitrogens is 3. The van der Waals surface area contributed by atoms with Gasteiger partial charge in [0.25, 0.3) is 0 Å². The minimum atomic E-state index is -0.336. The average Bonchev–Trinajstić information content (AvgIpc) is 3.31. The highest BCUT2D eigenvalue weighted by Crippen LogP contribution is 2.20. The Morgan fingerprint density at radius 3 is 2.89 bits per heavy atom. The van der Waals surface area contributed by atoms with Crippen LogP contribution in [-0.2, 0) is 11.3 Å². The van der Waals surface area contributed by atoms with Crippen molar-refractivity contribution in [3.05, 3.63) is 40.7 Å². The van der Waals surface area contributed by atoms with E-state index < -0.39 is 0 Å². The van der Waals surface area contributed by atoms with Crippen LogP contribution in [0.25, 0.3) is 0 Å². The van der Waals surface area contributed by atoms with E-state index in [0.717, 1.165) is 5.56 Å². The first-order chi connectivity index (χ1) is 13.0. The van der Waals surface area contributed by atoms with Crippen LogP contribution < -0.4 is 21.3 Å². The number of rotatable bonds is 5. The molecule has 0 radical (unpaired) electrons. The Bertz CT molecular complexity index is 843. The summed E-state index contributed by atoms with van der Waals surface area (Å²) in [7, 11) is 1.62. The Hall–Kier alpha value is -2.36. The molecule has 1 aromatic heterocycles. The molecule has 1 aliphatic rings. The van der Waals surface area contributed by atoms with E-state index in [-0.39, 0.29) is 43.0 Å². The number of benzene rings is 1. The Labute approximate surface area is 174 Å². The molecule has 9 nitrogen and oxygen atoms in total. The first-order valence-electron chi connectivity index (χ1n) is 8.63. The molecule has 152 valence electrons. The van der Waals surface area contributed by atoms with Gasteiger partial charge in [-0.05, 0) is 37.1 Å². The molecule has 3 amide bonds. The fourth-order valence-electron chi connectivity index (χ4n) is 2.97. The summed E-state index contributed by atoms with van der Waals surface area (Å²) in [6.45, 7) is 2.76. The van der Waals surface area contributed by atoms with Crippen LogP contribution >= 0.6 is 24.0 Å². The number of aryl methyl sites for hydroxylation is 1. The molecule has 1 fully saturated rings. The molecular formula is C17H23Cl2N7O2. The second-order valence-corrected chi connectivity index (χ2v) is 6.86. The zero-order chi connectivity index (χ0) is 19.4. The minimum Gasteiger partial charge on any atom is -0.358 e. The Morgan fingerprint density at radius 2 is 2.18 bits per heavy atom. The number of likely N-dealkylation sites (N-methyl/N-ethyl adjacent to an activating group) is 1. The lowest BCUT2D eigenvalue weighted by molar-refractivity contribution is -0.122. The Balaban J connectivity index is 0.00000280. The second kappa shape index (κ2) is 9.72. The van der Waals surface area contributed by atoms with Crippen molar-refractivity contribution in [3.63, 3.8) is 0 Å². The fraction of sp³-hybridized carbons (Fsp3) is 0.412. The summed E-state index contributed by atoms with van der Waals surface area (Å²) in [5, 5.41) is 20.1. The van der Waals surface area contributed by atoms with Gasteiger partial charge in [0, 0.05) is 24.3 Å². The van der Waals surface area contributed by atoms with Gasteiger partial charge in [-0.3, -0.25) is 4.79 Å². The molecule has 11 heteroatoms. The van der Waals surface area contributed by atoms with Crippen LogP contribution in [0, 0.1) is 6.92 Å². The maximum absolute atomic E-state index is 12.1. The molecule has 28 heavy (non-hydrogen) atoms. The summed E-state index contributed by atoms with van der Waals surface area (Å²) in [6.07, 6.45) is 2.43. The van der Waals surface area contributed by atoms with E-state index in [1.165, 1.54) is 0 Å². The molecule has 3 rings (SSSR count). The van der Waals surface area contributed by atoms with Gasteiger partial charge in [0.2, 0.25) is 5.91 Å². The molecule has 0 spiro atoms. The zero-order valence-corrected chi connectivity index (χ0v) is 17.1. The normalized spacial score (nSPS) is 18.2. The SMILES string of the molecule is CNC(=O)[C@@H]1C[C@@H](n2cc(CNC(=O)Nc3ccc(Cl)cc3C)nn2)CN1.Cl. The van der Waals surface area contributed by atoms with Crippen molar-refractivity contribution in [2.75, 3.05) is 18.9 Å². The molecule has 4 N–H and O–H groups in total. The topological polar surface area (TPSA) is 113 Å². The summed E-state index contributed by atoms with van der Waals surface area (Å²) < 4.78 is 1.73. The molecule has 1 aliphatic heterocycles. The van der Waals surface area contributed by atoms with Gasteiger partial charge in [0.15, 0.2) is 0 Å². The van der Waals surface area contributed by atoms with Gasteiger partial charge in [-0.15, -0.1) is 17.5 Å². The molecule has 0 aliphatic carbocycles. The number of nitrogens with zero attached hydrogens (tertiary/aromatic N) is 3. The van der Waals surface area contributed by atoms with Crippen LogP contribution in [-0.4, -0.2) is 46.6 Å². The standard InChI is InChI=1S/C17H22ClN7O2.ClH/c1-10-5-11(18)3-4-14(10)22-17(27)21-7-12-9-25(24-23-12)13-6-15(20-8-13)16(26)19-2;/h3-5,9,13,15,20H,6-8H2,1-2H3,(H,19,26)(H2,21,22,27);1H/t13-,15+;/m1./s1. The van der Waals surface area contributed by atoms with Crippen LogP contribution in [0.4, 0.5) is 10.5 Å². The number of nitrogens with one attached hydrogen (secondary N) is 4. The summed E-state index contributed by atoms with van der Waals surface area (Å²) in [5.74, 6) is -0.0336. The van der Waals surface area contributed by atoms with Crippen molar-refractivity contribution < 1.29 is 9.59 Å². The highest BCUT2D eigenvalue weighted by atomic mass is 35.5. The van der Waals surface area contributed by atoms with E-state index in [0.29, 0.717) is 29.4 Å². The lowest BCUT2D eigenvalue weighted by Crippen LogP contribution is -2.38. The predicted molar refractivity (Wildman–Crippen MR) is 109 cm³/mol. The van der Waals surface area contributed by atoms with Gasteiger partial charge >= 0.3 is 6.03 Å². The van der Waals surface area contributed by atoms with Crippen molar-refractivity contribution in [2.24, 2.45) is 0 Å². The van der Waals surface area contributed by atoms with Gasteiger partial charge in [0.1, 0.15) is 5.69 Å². The average molecular weight is 428 g/mol. The number of anilines is 1. The quantitative estimate of drug-likeness (QED) is 0.578. The summed E-state index contributed by atoms with van der Waals surface area (Å²) in [4.78, 5) is 23.8. The van der Waals surface area contributed by atoms with Gasteiger partial charge in [-0.1, -0.05) is 16.8 Å². The first-order valence-corrected chi connectivity index (χ1v) is 9.00. The third-order valence-corrected chi connectivity index (χ3v) is 4.70. The smallest absolute Gasteiger partial charge is 0.319 e. The lowest BCUT2D eigenvalue weighted by Gasteiger charge is -2.09. The summed E-state index contributed by atoms with van der Waals surface area (Å²) in [6, 6.07) is 4.75. The number of carbonyl (C=O) groups is 2. The molecule has 0 bridgehead atoms. The van der Waals surface area contributed by atoms with Crippen molar-refractivity contribution in [2.45, 2.75) is 32.0 Å². The molecule has 0 unspecified atom stereocenters. The largest absolute Gasteiger partial charge is 0.358 e. The molecule has 2 heterocycles.